The highest BCUT2D eigenvalue weighted by molar-refractivity contribution is 5.94. The van der Waals surface area contributed by atoms with Gasteiger partial charge in [-0.2, -0.15) is 9.49 Å². The summed E-state index contributed by atoms with van der Waals surface area (Å²) in [6.45, 7) is 0.429. The Morgan fingerprint density at radius 1 is 1.56 bits per heavy atom. The van der Waals surface area contributed by atoms with Gasteiger partial charge in [0.1, 0.15) is 0 Å². The first kappa shape index (κ1) is 12.2. The number of hydrogen-bond donors (Lipinski definition) is 1. The first-order valence-electron chi connectivity index (χ1n) is 5.53. The number of aryl methyl sites for hydroxylation is 1. The van der Waals surface area contributed by atoms with E-state index in [1.165, 1.54) is 18.3 Å². The van der Waals surface area contributed by atoms with Crippen LogP contribution in [0.2, 0.25) is 0 Å². The average Bonchev–Trinajstić information content (AvgIpc) is 2.75. The third-order valence-electron chi connectivity index (χ3n) is 2.46. The number of halogens is 1. The summed E-state index contributed by atoms with van der Waals surface area (Å²) < 4.78 is 14.9. The van der Waals surface area contributed by atoms with Gasteiger partial charge in [-0.15, -0.1) is 0 Å². The number of nitrogens with zero attached hydrogens (tertiary/aromatic N) is 3. The zero-order chi connectivity index (χ0) is 13.0. The van der Waals surface area contributed by atoms with Gasteiger partial charge in [0, 0.05) is 26.0 Å². The molecule has 0 unspecified atom stereocenters. The normalized spacial score (nSPS) is 10.3. The summed E-state index contributed by atoms with van der Waals surface area (Å²) in [6, 6.07) is 2.93. The molecule has 18 heavy (non-hydrogen) atoms. The molecule has 2 aromatic heterocycles. The number of pyridine rings is 1. The van der Waals surface area contributed by atoms with Crippen LogP contribution >= 0.6 is 0 Å². The SMILES string of the molecule is Cn1cc(CCNC(=O)c2cccnc2F)cn1. The van der Waals surface area contributed by atoms with Crippen molar-refractivity contribution >= 4 is 5.91 Å². The van der Waals surface area contributed by atoms with Crippen molar-refractivity contribution in [2.45, 2.75) is 6.42 Å². The summed E-state index contributed by atoms with van der Waals surface area (Å²) in [6.07, 6.45) is 5.57. The third kappa shape index (κ3) is 2.91. The van der Waals surface area contributed by atoms with Crippen molar-refractivity contribution < 1.29 is 9.18 Å². The van der Waals surface area contributed by atoms with Crippen molar-refractivity contribution in [1.82, 2.24) is 20.1 Å². The van der Waals surface area contributed by atoms with Gasteiger partial charge < -0.3 is 5.32 Å². The minimum atomic E-state index is -0.753. The molecular weight excluding hydrogens is 235 g/mol. The van der Waals surface area contributed by atoms with E-state index in [0.29, 0.717) is 13.0 Å². The molecule has 1 N–H and O–H groups in total. The van der Waals surface area contributed by atoms with Crippen molar-refractivity contribution in [2.75, 3.05) is 6.54 Å². The predicted molar refractivity (Wildman–Crippen MR) is 63.4 cm³/mol. The molecule has 0 saturated carbocycles. The molecule has 94 valence electrons. The molecule has 0 aliphatic rings. The molecular formula is C12H13FN4O. The second-order valence-electron chi connectivity index (χ2n) is 3.87. The van der Waals surface area contributed by atoms with Crippen LogP contribution in [0.3, 0.4) is 0 Å². The van der Waals surface area contributed by atoms with Crippen molar-refractivity contribution in [1.29, 1.82) is 0 Å². The number of hydrogen-bond acceptors (Lipinski definition) is 3. The highest BCUT2D eigenvalue weighted by Gasteiger charge is 2.11. The Hall–Kier alpha value is -2.24. The lowest BCUT2D eigenvalue weighted by atomic mass is 10.2. The molecule has 0 bridgehead atoms. The molecule has 2 aromatic rings. The summed E-state index contributed by atoms with van der Waals surface area (Å²) in [4.78, 5) is 15.1. The van der Waals surface area contributed by atoms with Gasteiger partial charge in [-0.1, -0.05) is 0 Å². The van der Waals surface area contributed by atoms with Gasteiger partial charge in [0.15, 0.2) is 0 Å². The van der Waals surface area contributed by atoms with Crippen molar-refractivity contribution in [3.8, 4) is 0 Å². The van der Waals surface area contributed by atoms with E-state index in [0.717, 1.165) is 5.56 Å². The second-order valence-corrected chi connectivity index (χ2v) is 3.87. The molecule has 1 amide bonds. The third-order valence-corrected chi connectivity index (χ3v) is 2.46. The molecule has 5 nitrogen and oxygen atoms in total. The van der Waals surface area contributed by atoms with Gasteiger partial charge in [0.05, 0.1) is 11.8 Å². The highest BCUT2D eigenvalue weighted by atomic mass is 19.1. The Labute approximate surface area is 104 Å². The smallest absolute Gasteiger partial charge is 0.255 e. The summed E-state index contributed by atoms with van der Waals surface area (Å²) in [5.74, 6) is -1.21. The van der Waals surface area contributed by atoms with Crippen LogP contribution in [-0.2, 0) is 13.5 Å². The van der Waals surface area contributed by atoms with E-state index in [4.69, 9.17) is 0 Å². The molecule has 0 saturated heterocycles. The first-order chi connectivity index (χ1) is 8.66. The van der Waals surface area contributed by atoms with Crippen molar-refractivity contribution in [3.05, 3.63) is 47.8 Å². The average molecular weight is 248 g/mol. The van der Waals surface area contributed by atoms with Crippen LogP contribution in [0.1, 0.15) is 15.9 Å². The minimum Gasteiger partial charge on any atom is -0.352 e. The molecule has 2 rings (SSSR count). The van der Waals surface area contributed by atoms with E-state index in [-0.39, 0.29) is 5.56 Å². The molecule has 0 atom stereocenters. The monoisotopic (exact) mass is 248 g/mol. The van der Waals surface area contributed by atoms with Crippen LogP contribution in [-0.4, -0.2) is 27.2 Å². The van der Waals surface area contributed by atoms with E-state index < -0.39 is 11.9 Å². The molecule has 2 heterocycles. The lowest BCUT2D eigenvalue weighted by Crippen LogP contribution is -2.26. The van der Waals surface area contributed by atoms with Gasteiger partial charge in [-0.05, 0) is 24.1 Å². The Morgan fingerprint density at radius 3 is 3.06 bits per heavy atom. The number of amides is 1. The number of carbonyl (C=O) groups is 1. The molecule has 6 heteroatoms. The summed E-state index contributed by atoms with van der Waals surface area (Å²) in [7, 11) is 1.83. The van der Waals surface area contributed by atoms with Gasteiger partial charge in [-0.25, -0.2) is 4.98 Å². The van der Waals surface area contributed by atoms with Crippen LogP contribution in [0.5, 0.6) is 0 Å². The lowest BCUT2D eigenvalue weighted by Gasteiger charge is -2.04. The first-order valence-corrected chi connectivity index (χ1v) is 5.53. The van der Waals surface area contributed by atoms with E-state index in [1.54, 1.807) is 10.9 Å². The summed E-state index contributed by atoms with van der Waals surface area (Å²) >= 11 is 0. The number of aromatic nitrogens is 3. The molecule has 0 fully saturated rings. The van der Waals surface area contributed by atoms with Crippen LogP contribution < -0.4 is 5.32 Å². The maximum atomic E-state index is 13.2. The zero-order valence-corrected chi connectivity index (χ0v) is 9.93. The van der Waals surface area contributed by atoms with Gasteiger partial charge >= 0.3 is 0 Å². The Kier molecular flexibility index (Phi) is 3.66. The molecule has 0 aliphatic heterocycles. The van der Waals surface area contributed by atoms with E-state index in [9.17, 15) is 9.18 Å². The maximum absolute atomic E-state index is 13.2. The summed E-state index contributed by atoms with van der Waals surface area (Å²) in [5.41, 5.74) is 0.980. The Morgan fingerprint density at radius 2 is 2.39 bits per heavy atom. The van der Waals surface area contributed by atoms with Gasteiger partial charge in [-0.3, -0.25) is 9.48 Å². The molecule has 0 radical (unpaired) electrons. The Balaban J connectivity index is 1.87. The summed E-state index contributed by atoms with van der Waals surface area (Å²) in [5, 5.41) is 6.66. The maximum Gasteiger partial charge on any atom is 0.255 e. The van der Waals surface area contributed by atoms with E-state index in [2.05, 4.69) is 15.4 Å². The number of nitrogens with one attached hydrogen (secondary N) is 1. The Bertz CT molecular complexity index is 553. The van der Waals surface area contributed by atoms with Crippen LogP contribution in [0.25, 0.3) is 0 Å². The largest absolute Gasteiger partial charge is 0.352 e. The van der Waals surface area contributed by atoms with Crippen molar-refractivity contribution in [3.63, 3.8) is 0 Å². The lowest BCUT2D eigenvalue weighted by molar-refractivity contribution is 0.0949. The van der Waals surface area contributed by atoms with Crippen LogP contribution in [0.4, 0.5) is 4.39 Å². The fraction of sp³-hybridized carbons (Fsp3) is 0.250. The zero-order valence-electron chi connectivity index (χ0n) is 9.93. The van der Waals surface area contributed by atoms with Crippen molar-refractivity contribution in [2.24, 2.45) is 7.05 Å². The number of carbonyl (C=O) groups excluding carboxylic acids is 1. The topological polar surface area (TPSA) is 59.8 Å². The highest BCUT2D eigenvalue weighted by Crippen LogP contribution is 2.03. The minimum absolute atomic E-state index is 0.0383. The van der Waals surface area contributed by atoms with E-state index >= 15 is 0 Å². The fourth-order valence-electron chi connectivity index (χ4n) is 1.57. The number of rotatable bonds is 4. The standard InChI is InChI=1S/C12H13FN4O/c1-17-8-9(7-16-17)4-6-15-12(18)10-3-2-5-14-11(10)13/h2-3,5,7-8H,4,6H2,1H3,(H,15,18). The van der Waals surface area contributed by atoms with Crippen LogP contribution in [0, 0.1) is 5.95 Å². The second kappa shape index (κ2) is 5.39. The van der Waals surface area contributed by atoms with Crippen LogP contribution in [0.15, 0.2) is 30.7 Å². The molecule has 0 spiro atoms. The molecule has 0 aromatic carbocycles. The van der Waals surface area contributed by atoms with Gasteiger partial charge in [0.25, 0.3) is 5.91 Å². The predicted octanol–water partition coefficient (Wildman–Crippen LogP) is 0.927. The van der Waals surface area contributed by atoms with E-state index in [1.807, 2.05) is 13.2 Å². The molecule has 0 aliphatic carbocycles. The van der Waals surface area contributed by atoms with Gasteiger partial charge in [0.2, 0.25) is 5.95 Å². The fourth-order valence-corrected chi connectivity index (χ4v) is 1.57. The quantitative estimate of drug-likeness (QED) is 0.819.